The quantitative estimate of drug-likeness (QED) is 0.450. The van der Waals surface area contributed by atoms with E-state index in [1.807, 2.05) is 13.0 Å². The predicted molar refractivity (Wildman–Crippen MR) is 126 cm³/mol. The molecular formula is C26H33NO2S. The molecule has 1 aromatic carbocycles. The van der Waals surface area contributed by atoms with Crippen LogP contribution < -0.4 is 4.90 Å². The molecule has 1 aliphatic carbocycles. The normalized spacial score (nSPS) is 18.4. The number of fused-ring (bicyclic) bond motifs is 1. The summed E-state index contributed by atoms with van der Waals surface area (Å²) < 4.78 is 19.4. The number of hydrogen-bond donors (Lipinski definition) is 0. The Morgan fingerprint density at radius 3 is 2.43 bits per heavy atom. The molecule has 0 saturated heterocycles. The highest BCUT2D eigenvalue weighted by Crippen LogP contribution is 2.48. The Balaban J connectivity index is 1.79. The van der Waals surface area contributed by atoms with E-state index in [0.717, 1.165) is 46.4 Å². The van der Waals surface area contributed by atoms with Gasteiger partial charge in [-0.1, -0.05) is 43.9 Å². The number of allylic oxidation sites excluding steroid dienone is 3. The minimum atomic E-state index is -1.18. The molecule has 1 unspecified atom stereocenters. The van der Waals surface area contributed by atoms with Gasteiger partial charge < -0.3 is 4.42 Å². The lowest BCUT2D eigenvalue weighted by Crippen LogP contribution is -2.27. The van der Waals surface area contributed by atoms with Gasteiger partial charge >= 0.3 is 0 Å². The average Bonchev–Trinajstić information content (AvgIpc) is 3.09. The lowest BCUT2D eigenvalue weighted by molar-refractivity contribution is 0.530. The van der Waals surface area contributed by atoms with Gasteiger partial charge in [-0.05, 0) is 82.2 Å². The van der Waals surface area contributed by atoms with Gasteiger partial charge in [-0.15, -0.1) is 0 Å². The Morgan fingerprint density at radius 1 is 1.00 bits per heavy atom. The molecule has 2 aromatic rings. The Kier molecular flexibility index (Phi) is 6.06. The first-order valence-corrected chi connectivity index (χ1v) is 12.4. The molecule has 30 heavy (non-hydrogen) atoms. The van der Waals surface area contributed by atoms with E-state index in [2.05, 4.69) is 50.8 Å². The van der Waals surface area contributed by atoms with Gasteiger partial charge in [-0.2, -0.15) is 0 Å². The SMILES string of the molecule is CCCCCCc1cc(C)c(N2C3=C(C=C(C)CC3)S(=O)c3cc(C)oc32)c(C)c1. The fraction of sp³-hybridized carbons (Fsp3) is 0.462. The zero-order valence-electron chi connectivity index (χ0n) is 18.9. The molecule has 0 bridgehead atoms. The van der Waals surface area contributed by atoms with Crippen LogP contribution in [0.4, 0.5) is 11.6 Å². The first-order valence-electron chi connectivity index (χ1n) is 11.2. The highest BCUT2D eigenvalue weighted by Gasteiger charge is 2.36. The number of anilines is 2. The minimum Gasteiger partial charge on any atom is -0.444 e. The molecule has 0 N–H and O–H groups in total. The van der Waals surface area contributed by atoms with Crippen molar-refractivity contribution in [3.05, 3.63) is 62.9 Å². The van der Waals surface area contributed by atoms with Gasteiger partial charge in [-0.3, -0.25) is 4.90 Å². The molecule has 3 nitrogen and oxygen atoms in total. The fourth-order valence-electron chi connectivity index (χ4n) is 4.74. The summed E-state index contributed by atoms with van der Waals surface area (Å²) in [6.45, 7) is 10.7. The van der Waals surface area contributed by atoms with Crippen LogP contribution in [-0.2, 0) is 17.2 Å². The predicted octanol–water partition coefficient (Wildman–Crippen LogP) is 7.54. The second-order valence-electron chi connectivity index (χ2n) is 8.82. The summed E-state index contributed by atoms with van der Waals surface area (Å²) in [7, 11) is -1.18. The van der Waals surface area contributed by atoms with E-state index in [0.29, 0.717) is 0 Å². The van der Waals surface area contributed by atoms with Gasteiger partial charge in [0.25, 0.3) is 0 Å². The molecular weight excluding hydrogens is 390 g/mol. The van der Waals surface area contributed by atoms with Crippen molar-refractivity contribution >= 4 is 22.4 Å². The Hall–Kier alpha value is -2.07. The van der Waals surface area contributed by atoms with E-state index in [-0.39, 0.29) is 0 Å². The van der Waals surface area contributed by atoms with E-state index in [4.69, 9.17) is 4.42 Å². The third kappa shape index (κ3) is 3.82. The highest BCUT2D eigenvalue weighted by atomic mass is 32.2. The molecule has 1 atom stereocenters. The van der Waals surface area contributed by atoms with Crippen molar-refractivity contribution in [3.63, 3.8) is 0 Å². The molecule has 4 heteroatoms. The topological polar surface area (TPSA) is 33.5 Å². The Morgan fingerprint density at radius 2 is 1.73 bits per heavy atom. The number of aryl methyl sites for hydroxylation is 4. The molecule has 2 aliphatic rings. The summed E-state index contributed by atoms with van der Waals surface area (Å²) in [5, 5.41) is 0. The summed E-state index contributed by atoms with van der Waals surface area (Å²) >= 11 is 0. The number of nitrogens with zero attached hydrogens (tertiary/aromatic N) is 1. The molecule has 0 amide bonds. The van der Waals surface area contributed by atoms with Gasteiger partial charge in [0.2, 0.25) is 5.88 Å². The number of furan rings is 1. The highest BCUT2D eigenvalue weighted by molar-refractivity contribution is 7.89. The summed E-state index contributed by atoms with van der Waals surface area (Å²) in [4.78, 5) is 3.99. The zero-order chi connectivity index (χ0) is 21.4. The molecule has 0 fully saturated rings. The van der Waals surface area contributed by atoms with Crippen molar-refractivity contribution in [2.75, 3.05) is 4.90 Å². The van der Waals surface area contributed by atoms with Crippen molar-refractivity contribution in [3.8, 4) is 0 Å². The van der Waals surface area contributed by atoms with Crippen molar-refractivity contribution < 1.29 is 8.63 Å². The molecule has 0 saturated carbocycles. The standard InChI is InChI=1S/C26H33NO2S/c1-6-7-8-9-10-21-14-18(3)25(19(4)15-21)27-22-12-11-17(2)13-23(22)30(28)24-16-20(5)29-26(24)27/h13-16H,6-12H2,1-5H3. The first-order chi connectivity index (χ1) is 14.4. The maximum Gasteiger partial charge on any atom is 0.221 e. The second-order valence-corrected chi connectivity index (χ2v) is 10.2. The van der Waals surface area contributed by atoms with Crippen LogP contribution in [0.5, 0.6) is 0 Å². The van der Waals surface area contributed by atoms with Crippen LogP contribution in [0.25, 0.3) is 0 Å². The smallest absolute Gasteiger partial charge is 0.221 e. The first kappa shape index (κ1) is 21.2. The molecule has 0 spiro atoms. The molecule has 4 rings (SSSR count). The largest absolute Gasteiger partial charge is 0.444 e. The summed E-state index contributed by atoms with van der Waals surface area (Å²) in [6.07, 6.45) is 10.3. The number of unbranched alkanes of at least 4 members (excludes halogenated alkanes) is 3. The fourth-order valence-corrected chi connectivity index (χ4v) is 6.26. The van der Waals surface area contributed by atoms with Crippen LogP contribution in [0.3, 0.4) is 0 Å². The average molecular weight is 424 g/mol. The third-order valence-electron chi connectivity index (χ3n) is 6.19. The monoisotopic (exact) mass is 423 g/mol. The van der Waals surface area contributed by atoms with Crippen LogP contribution in [0.2, 0.25) is 0 Å². The van der Waals surface area contributed by atoms with Gasteiger partial charge in [0.1, 0.15) is 10.7 Å². The maximum absolute atomic E-state index is 13.3. The number of hydrogen-bond acceptors (Lipinski definition) is 3. The Labute approximate surface area is 183 Å². The van der Waals surface area contributed by atoms with Gasteiger partial charge in [0, 0.05) is 5.70 Å². The van der Waals surface area contributed by atoms with Crippen LogP contribution in [0.1, 0.15) is 74.8 Å². The van der Waals surface area contributed by atoms with Crippen LogP contribution in [0, 0.1) is 20.8 Å². The third-order valence-corrected chi connectivity index (χ3v) is 7.63. The molecule has 1 aromatic heterocycles. The minimum absolute atomic E-state index is 0.736. The number of rotatable bonds is 6. The van der Waals surface area contributed by atoms with E-state index in [9.17, 15) is 4.21 Å². The molecule has 2 heterocycles. The van der Waals surface area contributed by atoms with Gasteiger partial charge in [0.05, 0.1) is 21.4 Å². The van der Waals surface area contributed by atoms with E-state index < -0.39 is 10.8 Å². The lowest BCUT2D eigenvalue weighted by atomic mass is 9.97. The van der Waals surface area contributed by atoms with Crippen LogP contribution in [0.15, 0.2) is 49.8 Å². The summed E-state index contributed by atoms with van der Waals surface area (Å²) in [5.74, 6) is 1.54. The summed E-state index contributed by atoms with van der Waals surface area (Å²) in [6, 6.07) is 6.60. The zero-order valence-corrected chi connectivity index (χ0v) is 19.7. The summed E-state index contributed by atoms with van der Waals surface area (Å²) in [5.41, 5.74) is 7.52. The second kappa shape index (κ2) is 8.58. The van der Waals surface area contributed by atoms with Crippen LogP contribution in [-0.4, -0.2) is 4.21 Å². The van der Waals surface area contributed by atoms with Crippen molar-refractivity contribution in [1.29, 1.82) is 0 Å². The maximum atomic E-state index is 13.3. The van der Waals surface area contributed by atoms with E-state index in [1.54, 1.807) is 0 Å². The van der Waals surface area contributed by atoms with Crippen LogP contribution >= 0.6 is 0 Å². The van der Waals surface area contributed by atoms with E-state index >= 15 is 0 Å². The van der Waals surface area contributed by atoms with Crippen molar-refractivity contribution in [1.82, 2.24) is 0 Å². The van der Waals surface area contributed by atoms with Gasteiger partial charge in [-0.25, -0.2) is 4.21 Å². The molecule has 160 valence electrons. The van der Waals surface area contributed by atoms with Gasteiger partial charge in [0.15, 0.2) is 0 Å². The van der Waals surface area contributed by atoms with Crippen molar-refractivity contribution in [2.24, 2.45) is 0 Å². The van der Waals surface area contributed by atoms with Crippen molar-refractivity contribution in [2.45, 2.75) is 84.5 Å². The van der Waals surface area contributed by atoms with E-state index in [1.165, 1.54) is 53.6 Å². The molecule has 1 aliphatic heterocycles. The molecule has 0 radical (unpaired) electrons. The Bertz CT molecular complexity index is 1030. The number of benzene rings is 1. The lowest BCUT2D eigenvalue weighted by Gasteiger charge is -2.35.